The summed E-state index contributed by atoms with van der Waals surface area (Å²) in [5, 5.41) is 1.33. The number of aryl methyl sites for hydroxylation is 1. The van der Waals surface area contributed by atoms with E-state index in [1.54, 1.807) is 7.11 Å². The highest BCUT2D eigenvalue weighted by Crippen LogP contribution is 2.29. The first-order valence-corrected chi connectivity index (χ1v) is 7.35. The fourth-order valence-corrected chi connectivity index (χ4v) is 2.64. The number of hydrogen-bond donors (Lipinski definition) is 0. The lowest BCUT2D eigenvalue weighted by Crippen LogP contribution is -2.13. The second-order valence-corrected chi connectivity index (χ2v) is 5.95. The fourth-order valence-electron chi connectivity index (χ4n) is 2.64. The van der Waals surface area contributed by atoms with Gasteiger partial charge in [-0.05, 0) is 71.1 Å². The van der Waals surface area contributed by atoms with E-state index in [1.165, 1.54) is 22.9 Å². The van der Waals surface area contributed by atoms with Crippen molar-refractivity contribution in [3.63, 3.8) is 0 Å². The van der Waals surface area contributed by atoms with E-state index < -0.39 is 0 Å². The molecule has 0 fully saturated rings. The Balaban J connectivity index is 2.36. The van der Waals surface area contributed by atoms with Crippen molar-refractivity contribution < 1.29 is 4.74 Å². The number of rotatable bonds is 6. The van der Waals surface area contributed by atoms with Gasteiger partial charge in [-0.3, -0.25) is 0 Å². The molecular weight excluding hydrogens is 248 g/mol. The van der Waals surface area contributed by atoms with Crippen molar-refractivity contribution in [3.8, 4) is 5.75 Å². The lowest BCUT2D eigenvalue weighted by Gasteiger charge is -2.09. The van der Waals surface area contributed by atoms with Gasteiger partial charge in [0, 0.05) is 23.1 Å². The van der Waals surface area contributed by atoms with Crippen LogP contribution < -0.4 is 4.74 Å². The molecule has 0 spiro atoms. The molecule has 1 aromatic carbocycles. The lowest BCUT2D eigenvalue weighted by atomic mass is 10.1. The van der Waals surface area contributed by atoms with Crippen LogP contribution in [-0.4, -0.2) is 37.2 Å². The summed E-state index contributed by atoms with van der Waals surface area (Å²) in [6.07, 6.45) is 4.60. The standard InChI is InChI=1S/C17H26N2O/c1-13(2)19-12-14(7-6-10-18(3)4)16-11-15(20-5)8-9-17(16)19/h8-9,11-13H,6-7,10H2,1-5H3. The number of methoxy groups -OCH3 is 1. The summed E-state index contributed by atoms with van der Waals surface area (Å²) < 4.78 is 7.73. The predicted molar refractivity (Wildman–Crippen MR) is 85.8 cm³/mol. The molecule has 3 nitrogen and oxygen atoms in total. The van der Waals surface area contributed by atoms with E-state index in [9.17, 15) is 0 Å². The molecule has 0 N–H and O–H groups in total. The van der Waals surface area contributed by atoms with Gasteiger partial charge >= 0.3 is 0 Å². The number of hydrogen-bond acceptors (Lipinski definition) is 2. The molecule has 0 saturated heterocycles. The molecule has 2 aromatic rings. The molecule has 20 heavy (non-hydrogen) atoms. The second kappa shape index (κ2) is 6.31. The molecule has 3 heteroatoms. The van der Waals surface area contributed by atoms with Crippen LogP contribution in [0.1, 0.15) is 31.9 Å². The largest absolute Gasteiger partial charge is 0.497 e. The molecule has 110 valence electrons. The first kappa shape index (κ1) is 14.9. The van der Waals surface area contributed by atoms with Gasteiger partial charge in [0.25, 0.3) is 0 Å². The van der Waals surface area contributed by atoms with Gasteiger partial charge in [0.2, 0.25) is 0 Å². The Morgan fingerprint density at radius 2 is 2.00 bits per heavy atom. The second-order valence-electron chi connectivity index (χ2n) is 5.95. The van der Waals surface area contributed by atoms with E-state index in [4.69, 9.17) is 4.74 Å². The van der Waals surface area contributed by atoms with Gasteiger partial charge in [-0.15, -0.1) is 0 Å². The van der Waals surface area contributed by atoms with Crippen LogP contribution in [0.3, 0.4) is 0 Å². The van der Waals surface area contributed by atoms with E-state index in [-0.39, 0.29) is 0 Å². The van der Waals surface area contributed by atoms with E-state index in [0.29, 0.717) is 6.04 Å². The van der Waals surface area contributed by atoms with Crippen LogP contribution >= 0.6 is 0 Å². The van der Waals surface area contributed by atoms with Gasteiger partial charge in [-0.2, -0.15) is 0 Å². The number of fused-ring (bicyclic) bond motifs is 1. The fraction of sp³-hybridized carbons (Fsp3) is 0.529. The summed E-state index contributed by atoms with van der Waals surface area (Å²) in [5.41, 5.74) is 2.73. The van der Waals surface area contributed by atoms with Crippen LogP contribution in [0.15, 0.2) is 24.4 Å². The average Bonchev–Trinajstić information content (AvgIpc) is 2.76. The predicted octanol–water partition coefficient (Wildman–Crippen LogP) is 3.73. The monoisotopic (exact) mass is 274 g/mol. The van der Waals surface area contributed by atoms with Gasteiger partial charge in [-0.1, -0.05) is 0 Å². The van der Waals surface area contributed by atoms with Crippen LogP contribution in [0, 0.1) is 0 Å². The van der Waals surface area contributed by atoms with Crippen LogP contribution in [0.2, 0.25) is 0 Å². The third-order valence-electron chi connectivity index (χ3n) is 3.73. The van der Waals surface area contributed by atoms with Crippen molar-refractivity contribution in [2.24, 2.45) is 0 Å². The highest BCUT2D eigenvalue weighted by Gasteiger charge is 2.11. The third kappa shape index (κ3) is 3.15. The quantitative estimate of drug-likeness (QED) is 0.798. The summed E-state index contributed by atoms with van der Waals surface area (Å²) in [4.78, 5) is 2.24. The Hall–Kier alpha value is -1.48. The first-order chi connectivity index (χ1) is 9.52. The zero-order valence-electron chi connectivity index (χ0n) is 13.3. The van der Waals surface area contributed by atoms with Gasteiger partial charge in [0.1, 0.15) is 5.75 Å². The van der Waals surface area contributed by atoms with E-state index in [1.807, 2.05) is 6.07 Å². The van der Waals surface area contributed by atoms with Crippen LogP contribution in [-0.2, 0) is 6.42 Å². The summed E-state index contributed by atoms with van der Waals surface area (Å²) >= 11 is 0. The zero-order chi connectivity index (χ0) is 14.7. The molecule has 0 radical (unpaired) electrons. The Kier molecular flexibility index (Phi) is 4.71. The molecule has 0 unspecified atom stereocenters. The normalized spacial score (nSPS) is 11.8. The van der Waals surface area contributed by atoms with Crippen LogP contribution in [0.25, 0.3) is 10.9 Å². The molecule has 0 aliphatic carbocycles. The summed E-state index contributed by atoms with van der Waals surface area (Å²) in [6, 6.07) is 6.86. The maximum Gasteiger partial charge on any atom is 0.119 e. The lowest BCUT2D eigenvalue weighted by molar-refractivity contribution is 0.400. The molecule has 1 heterocycles. The minimum Gasteiger partial charge on any atom is -0.497 e. The Bertz CT molecular complexity index is 570. The Morgan fingerprint density at radius 3 is 2.60 bits per heavy atom. The van der Waals surface area contributed by atoms with Gasteiger partial charge in [-0.25, -0.2) is 0 Å². The number of nitrogens with zero attached hydrogens (tertiary/aromatic N) is 2. The van der Waals surface area contributed by atoms with Crippen molar-refractivity contribution in [3.05, 3.63) is 30.0 Å². The van der Waals surface area contributed by atoms with Crippen LogP contribution in [0.5, 0.6) is 5.75 Å². The highest BCUT2D eigenvalue weighted by atomic mass is 16.5. The topological polar surface area (TPSA) is 17.4 Å². The summed E-state index contributed by atoms with van der Waals surface area (Å²) in [6.45, 7) is 5.58. The average molecular weight is 274 g/mol. The van der Waals surface area contributed by atoms with Gasteiger partial charge in [0.05, 0.1) is 7.11 Å². The maximum absolute atomic E-state index is 5.37. The molecule has 0 amide bonds. The molecule has 0 saturated carbocycles. The maximum atomic E-state index is 5.37. The minimum atomic E-state index is 0.480. The van der Waals surface area contributed by atoms with Gasteiger partial charge < -0.3 is 14.2 Å². The van der Waals surface area contributed by atoms with Gasteiger partial charge in [0.15, 0.2) is 0 Å². The first-order valence-electron chi connectivity index (χ1n) is 7.35. The SMILES string of the molecule is COc1ccc2c(c1)c(CCCN(C)C)cn2C(C)C. The smallest absolute Gasteiger partial charge is 0.119 e. The minimum absolute atomic E-state index is 0.480. The Labute approximate surface area is 122 Å². The number of aromatic nitrogens is 1. The third-order valence-corrected chi connectivity index (χ3v) is 3.73. The van der Waals surface area contributed by atoms with Crippen molar-refractivity contribution in [1.82, 2.24) is 9.47 Å². The van der Waals surface area contributed by atoms with E-state index in [2.05, 4.69) is 55.7 Å². The molecule has 0 aliphatic rings. The molecule has 2 rings (SSSR count). The molecule has 0 bridgehead atoms. The molecule has 1 aromatic heterocycles. The molecule has 0 aliphatic heterocycles. The Morgan fingerprint density at radius 1 is 1.25 bits per heavy atom. The zero-order valence-corrected chi connectivity index (χ0v) is 13.3. The number of ether oxygens (including phenoxy) is 1. The van der Waals surface area contributed by atoms with Crippen molar-refractivity contribution in [2.45, 2.75) is 32.7 Å². The van der Waals surface area contributed by atoms with Crippen molar-refractivity contribution >= 4 is 10.9 Å². The molecule has 0 atom stereocenters. The van der Waals surface area contributed by atoms with E-state index in [0.717, 1.165) is 18.7 Å². The molecular formula is C17H26N2O. The summed E-state index contributed by atoms with van der Waals surface area (Å²) in [5.74, 6) is 0.938. The number of benzene rings is 1. The van der Waals surface area contributed by atoms with Crippen molar-refractivity contribution in [1.29, 1.82) is 0 Å². The highest BCUT2D eigenvalue weighted by molar-refractivity contribution is 5.85. The van der Waals surface area contributed by atoms with Crippen molar-refractivity contribution in [2.75, 3.05) is 27.7 Å². The summed E-state index contributed by atoms with van der Waals surface area (Å²) in [7, 11) is 5.98. The van der Waals surface area contributed by atoms with E-state index >= 15 is 0 Å². The van der Waals surface area contributed by atoms with Crippen LogP contribution in [0.4, 0.5) is 0 Å².